The lowest BCUT2D eigenvalue weighted by atomic mass is 10.1. The maximum absolute atomic E-state index is 12.0. The van der Waals surface area contributed by atoms with Crippen molar-refractivity contribution in [2.45, 2.75) is 6.92 Å². The van der Waals surface area contributed by atoms with Crippen molar-refractivity contribution in [3.8, 4) is 17.8 Å². The number of benzene rings is 1. The number of carbonyl (C=O) groups is 1. The van der Waals surface area contributed by atoms with E-state index in [1.54, 1.807) is 60.4 Å². The zero-order valence-corrected chi connectivity index (χ0v) is 12.4. The largest absolute Gasteiger partial charge is 0.462 e. The summed E-state index contributed by atoms with van der Waals surface area (Å²) in [5, 5.41) is 24.5. The van der Waals surface area contributed by atoms with Gasteiger partial charge in [-0.3, -0.25) is 0 Å². The molecule has 23 heavy (non-hydrogen) atoms. The summed E-state index contributed by atoms with van der Waals surface area (Å²) in [5.74, 6) is -0.495. The Kier molecular flexibility index (Phi) is 5.11. The molecule has 1 aromatic heterocycles. The van der Waals surface area contributed by atoms with E-state index < -0.39 is 5.97 Å². The third-order valence-electron chi connectivity index (χ3n) is 2.88. The van der Waals surface area contributed by atoms with E-state index in [2.05, 4.69) is 10.4 Å². The second-order valence-corrected chi connectivity index (χ2v) is 4.33. The molecule has 1 aromatic carbocycles. The maximum Gasteiger partial charge on any atom is 0.340 e. The Labute approximate surface area is 133 Å². The predicted octanol–water partition coefficient (Wildman–Crippen LogP) is 2.39. The number of hydrogen-bond donors (Lipinski definition) is 1. The lowest BCUT2D eigenvalue weighted by Crippen LogP contribution is -2.09. The van der Waals surface area contributed by atoms with Gasteiger partial charge in [-0.25, -0.2) is 9.48 Å². The highest BCUT2D eigenvalue weighted by molar-refractivity contribution is 5.96. The lowest BCUT2D eigenvalue weighted by molar-refractivity contribution is 0.0527. The number of hydrogen-bond acceptors (Lipinski definition) is 6. The smallest absolute Gasteiger partial charge is 0.340 e. The van der Waals surface area contributed by atoms with Crippen molar-refractivity contribution in [3.05, 3.63) is 54.0 Å². The first-order chi connectivity index (χ1) is 11.2. The maximum atomic E-state index is 12.0. The van der Waals surface area contributed by atoms with E-state index in [1.165, 1.54) is 6.20 Å². The number of allylic oxidation sites excluding steroid dienone is 1. The monoisotopic (exact) mass is 307 g/mol. The van der Waals surface area contributed by atoms with Gasteiger partial charge in [-0.1, -0.05) is 0 Å². The number of nitrogens with one attached hydrogen (secondary N) is 1. The van der Waals surface area contributed by atoms with Gasteiger partial charge in [0.2, 0.25) is 0 Å². The van der Waals surface area contributed by atoms with Crippen molar-refractivity contribution in [1.82, 2.24) is 9.78 Å². The molecule has 2 aromatic rings. The van der Waals surface area contributed by atoms with Crippen molar-refractivity contribution in [2.75, 3.05) is 11.9 Å². The molecular weight excluding hydrogens is 294 g/mol. The molecule has 0 amide bonds. The number of nitrogens with zero attached hydrogens (tertiary/aromatic N) is 4. The van der Waals surface area contributed by atoms with Gasteiger partial charge in [-0.05, 0) is 31.2 Å². The topological polar surface area (TPSA) is 104 Å². The molecule has 7 nitrogen and oxygen atoms in total. The van der Waals surface area contributed by atoms with Gasteiger partial charge in [-0.2, -0.15) is 15.6 Å². The number of aromatic nitrogens is 2. The van der Waals surface area contributed by atoms with E-state index in [4.69, 9.17) is 15.3 Å². The third-order valence-corrected chi connectivity index (χ3v) is 2.88. The summed E-state index contributed by atoms with van der Waals surface area (Å²) in [6.45, 7) is 1.96. The van der Waals surface area contributed by atoms with E-state index in [1.807, 2.05) is 0 Å². The summed E-state index contributed by atoms with van der Waals surface area (Å²) < 4.78 is 6.63. The number of rotatable bonds is 5. The Hall–Kier alpha value is -3.58. The molecule has 0 aliphatic heterocycles. The zero-order chi connectivity index (χ0) is 16.7. The van der Waals surface area contributed by atoms with Gasteiger partial charge in [0.25, 0.3) is 0 Å². The van der Waals surface area contributed by atoms with Gasteiger partial charge in [0.15, 0.2) is 0 Å². The fraction of sp³-hybridized carbons (Fsp3) is 0.125. The van der Waals surface area contributed by atoms with Crippen LogP contribution in [0.5, 0.6) is 0 Å². The highest BCUT2D eigenvalue weighted by Crippen LogP contribution is 2.21. The molecule has 0 spiro atoms. The Bertz CT molecular complexity index is 794. The fourth-order valence-corrected chi connectivity index (χ4v) is 1.84. The second kappa shape index (κ2) is 7.43. The number of nitriles is 2. The van der Waals surface area contributed by atoms with Gasteiger partial charge in [0.05, 0.1) is 23.5 Å². The molecule has 0 aliphatic rings. The van der Waals surface area contributed by atoms with Crippen LogP contribution in [-0.4, -0.2) is 22.4 Å². The van der Waals surface area contributed by atoms with Crippen LogP contribution in [0.2, 0.25) is 0 Å². The molecule has 0 unspecified atom stereocenters. The van der Waals surface area contributed by atoms with Crippen LogP contribution in [0, 0.1) is 22.7 Å². The van der Waals surface area contributed by atoms with E-state index >= 15 is 0 Å². The molecule has 1 N–H and O–H groups in total. The Morgan fingerprint density at radius 1 is 1.43 bits per heavy atom. The van der Waals surface area contributed by atoms with E-state index in [0.717, 1.165) is 5.69 Å². The summed E-state index contributed by atoms with van der Waals surface area (Å²) in [6, 6.07) is 10.3. The van der Waals surface area contributed by atoms with Crippen molar-refractivity contribution >= 4 is 11.7 Å². The van der Waals surface area contributed by atoms with Gasteiger partial charge in [0.1, 0.15) is 17.7 Å². The van der Waals surface area contributed by atoms with Crippen LogP contribution in [0.4, 0.5) is 5.69 Å². The van der Waals surface area contributed by atoms with E-state index in [-0.39, 0.29) is 12.2 Å². The first-order valence-electron chi connectivity index (χ1n) is 6.77. The SMILES string of the molecule is CCOC(=O)c1ccc(-n2cccn2)cc1NC=C(C#N)C#N. The summed E-state index contributed by atoms with van der Waals surface area (Å²) in [4.78, 5) is 12.0. The molecule has 0 radical (unpaired) electrons. The van der Waals surface area contributed by atoms with Crippen LogP contribution < -0.4 is 5.32 Å². The molecule has 114 valence electrons. The molecule has 1 heterocycles. The molecule has 0 fully saturated rings. The molecule has 0 saturated heterocycles. The van der Waals surface area contributed by atoms with Crippen LogP contribution in [0.3, 0.4) is 0 Å². The third kappa shape index (κ3) is 3.74. The average Bonchev–Trinajstić information content (AvgIpc) is 3.10. The minimum Gasteiger partial charge on any atom is -0.462 e. The predicted molar refractivity (Wildman–Crippen MR) is 82.5 cm³/mol. The first kappa shape index (κ1) is 15.8. The Balaban J connectivity index is 2.43. The van der Waals surface area contributed by atoms with Crippen molar-refractivity contribution in [3.63, 3.8) is 0 Å². The zero-order valence-electron chi connectivity index (χ0n) is 12.4. The molecular formula is C16H13N5O2. The number of carbonyl (C=O) groups excluding carboxylic acids is 1. The summed E-state index contributed by atoms with van der Waals surface area (Å²) in [7, 11) is 0. The molecule has 0 saturated carbocycles. The average molecular weight is 307 g/mol. The van der Waals surface area contributed by atoms with Crippen LogP contribution in [0.25, 0.3) is 5.69 Å². The highest BCUT2D eigenvalue weighted by Gasteiger charge is 2.13. The van der Waals surface area contributed by atoms with Crippen molar-refractivity contribution < 1.29 is 9.53 Å². The number of esters is 1. The van der Waals surface area contributed by atoms with Crippen LogP contribution in [0.1, 0.15) is 17.3 Å². The standard InChI is InChI=1S/C16H13N5O2/c1-2-23-16(22)14-5-4-13(21-7-3-6-20-21)8-15(14)19-11-12(9-17)10-18/h3-8,11,19H,2H2,1H3. The molecule has 2 rings (SSSR count). The molecule has 0 atom stereocenters. The normalized spacial score (nSPS) is 9.35. The van der Waals surface area contributed by atoms with Crippen molar-refractivity contribution in [1.29, 1.82) is 10.5 Å². The van der Waals surface area contributed by atoms with Crippen LogP contribution in [0.15, 0.2) is 48.4 Å². The van der Waals surface area contributed by atoms with Crippen LogP contribution in [-0.2, 0) is 4.74 Å². The van der Waals surface area contributed by atoms with E-state index in [9.17, 15) is 4.79 Å². The van der Waals surface area contributed by atoms with E-state index in [0.29, 0.717) is 11.3 Å². The summed E-state index contributed by atoms with van der Waals surface area (Å²) in [5.41, 5.74) is 1.33. The summed E-state index contributed by atoms with van der Waals surface area (Å²) >= 11 is 0. The van der Waals surface area contributed by atoms with Gasteiger partial charge in [-0.15, -0.1) is 0 Å². The van der Waals surface area contributed by atoms with Gasteiger partial charge in [0, 0.05) is 18.6 Å². The molecule has 0 bridgehead atoms. The fourth-order valence-electron chi connectivity index (χ4n) is 1.84. The Morgan fingerprint density at radius 3 is 2.83 bits per heavy atom. The van der Waals surface area contributed by atoms with Gasteiger partial charge >= 0.3 is 5.97 Å². The second-order valence-electron chi connectivity index (χ2n) is 4.33. The van der Waals surface area contributed by atoms with Crippen molar-refractivity contribution in [2.24, 2.45) is 0 Å². The number of ether oxygens (including phenoxy) is 1. The quantitative estimate of drug-likeness (QED) is 0.672. The van der Waals surface area contributed by atoms with Crippen LogP contribution >= 0.6 is 0 Å². The first-order valence-corrected chi connectivity index (χ1v) is 6.77. The molecule has 7 heteroatoms. The number of anilines is 1. The lowest BCUT2D eigenvalue weighted by Gasteiger charge is -2.11. The Morgan fingerprint density at radius 2 is 2.22 bits per heavy atom. The molecule has 0 aliphatic carbocycles. The highest BCUT2D eigenvalue weighted by atomic mass is 16.5. The summed E-state index contributed by atoms with van der Waals surface area (Å²) in [6.07, 6.45) is 4.63. The minimum absolute atomic E-state index is 0.107. The minimum atomic E-state index is -0.495. The van der Waals surface area contributed by atoms with Gasteiger partial charge < -0.3 is 10.1 Å².